The van der Waals surface area contributed by atoms with Gasteiger partial charge in [0, 0.05) is 0 Å². The normalized spacial score (nSPS) is 27.2. The fourth-order valence-electron chi connectivity index (χ4n) is 2.84. The van der Waals surface area contributed by atoms with Crippen LogP contribution in [0.3, 0.4) is 0 Å². The molecule has 0 spiro atoms. The first kappa shape index (κ1) is 14.5. The van der Waals surface area contributed by atoms with E-state index in [0.717, 1.165) is 31.6 Å². The Labute approximate surface area is 105 Å². The lowest BCUT2D eigenvalue weighted by molar-refractivity contribution is -0.156. The molecule has 0 amide bonds. The summed E-state index contributed by atoms with van der Waals surface area (Å²) in [7, 11) is 0. The van der Waals surface area contributed by atoms with E-state index in [1.807, 2.05) is 0 Å². The van der Waals surface area contributed by atoms with Gasteiger partial charge in [0.15, 0.2) is 6.10 Å². The van der Waals surface area contributed by atoms with Crippen molar-refractivity contribution in [2.24, 2.45) is 11.8 Å². The number of carbonyl (C=O) groups is 1. The third-order valence-electron chi connectivity index (χ3n) is 3.80. The van der Waals surface area contributed by atoms with E-state index in [1.165, 1.54) is 19.3 Å². The quantitative estimate of drug-likeness (QED) is 0.595. The molecule has 0 aromatic carbocycles. The SMILES string of the molecule is CCCC1CCCC(C(O)C(=O)OCC)CC1. The van der Waals surface area contributed by atoms with Gasteiger partial charge in [-0.25, -0.2) is 4.79 Å². The van der Waals surface area contributed by atoms with Crippen molar-refractivity contribution in [2.75, 3.05) is 6.61 Å². The molecule has 1 N–H and O–H groups in total. The molecule has 1 aliphatic rings. The standard InChI is InChI=1S/C14H26O3/c1-3-6-11-7-5-8-12(10-9-11)13(15)14(16)17-4-2/h11-13,15H,3-10H2,1-2H3. The highest BCUT2D eigenvalue weighted by atomic mass is 16.5. The van der Waals surface area contributed by atoms with Gasteiger partial charge in [-0.05, 0) is 31.6 Å². The molecule has 17 heavy (non-hydrogen) atoms. The van der Waals surface area contributed by atoms with Gasteiger partial charge in [-0.3, -0.25) is 0 Å². The first-order valence-corrected chi connectivity index (χ1v) is 7.03. The predicted octanol–water partition coefficient (Wildman–Crippen LogP) is 2.91. The van der Waals surface area contributed by atoms with E-state index in [0.29, 0.717) is 6.61 Å². The Hall–Kier alpha value is -0.570. The Morgan fingerprint density at radius 1 is 1.29 bits per heavy atom. The van der Waals surface area contributed by atoms with Gasteiger partial charge in [0.2, 0.25) is 0 Å². The van der Waals surface area contributed by atoms with Crippen LogP contribution in [0, 0.1) is 11.8 Å². The fraction of sp³-hybridized carbons (Fsp3) is 0.929. The average molecular weight is 242 g/mol. The number of esters is 1. The molecule has 1 rings (SSSR count). The van der Waals surface area contributed by atoms with Crippen LogP contribution >= 0.6 is 0 Å². The number of aliphatic hydroxyl groups is 1. The average Bonchev–Trinajstić information content (AvgIpc) is 2.54. The number of hydrogen-bond acceptors (Lipinski definition) is 3. The van der Waals surface area contributed by atoms with Crippen molar-refractivity contribution < 1.29 is 14.6 Å². The number of ether oxygens (including phenoxy) is 1. The third-order valence-corrected chi connectivity index (χ3v) is 3.80. The summed E-state index contributed by atoms with van der Waals surface area (Å²) in [6.45, 7) is 4.34. The van der Waals surface area contributed by atoms with E-state index in [-0.39, 0.29) is 5.92 Å². The zero-order valence-electron chi connectivity index (χ0n) is 11.2. The first-order valence-electron chi connectivity index (χ1n) is 7.03. The number of aliphatic hydroxyl groups excluding tert-OH is 1. The molecule has 1 aliphatic carbocycles. The van der Waals surface area contributed by atoms with E-state index < -0.39 is 12.1 Å². The van der Waals surface area contributed by atoms with E-state index in [2.05, 4.69) is 6.92 Å². The number of rotatable bonds is 5. The van der Waals surface area contributed by atoms with Gasteiger partial charge in [-0.2, -0.15) is 0 Å². The van der Waals surface area contributed by atoms with E-state index in [9.17, 15) is 9.90 Å². The Kier molecular flexibility index (Phi) is 6.56. The summed E-state index contributed by atoms with van der Waals surface area (Å²) >= 11 is 0. The minimum Gasteiger partial charge on any atom is -0.464 e. The summed E-state index contributed by atoms with van der Waals surface area (Å²) in [4.78, 5) is 11.5. The van der Waals surface area contributed by atoms with E-state index in [1.54, 1.807) is 6.92 Å². The Morgan fingerprint density at radius 3 is 2.71 bits per heavy atom. The highest BCUT2D eigenvalue weighted by Gasteiger charge is 2.29. The van der Waals surface area contributed by atoms with Crippen LogP contribution in [0.1, 0.15) is 58.8 Å². The molecule has 0 aliphatic heterocycles. The fourth-order valence-corrected chi connectivity index (χ4v) is 2.84. The molecule has 0 bridgehead atoms. The molecule has 0 heterocycles. The molecule has 3 atom stereocenters. The first-order chi connectivity index (χ1) is 8.19. The van der Waals surface area contributed by atoms with Crippen molar-refractivity contribution in [3.05, 3.63) is 0 Å². The molecule has 0 aromatic heterocycles. The summed E-state index contributed by atoms with van der Waals surface area (Å²) in [5.41, 5.74) is 0. The minimum absolute atomic E-state index is 0.107. The molecule has 3 unspecified atom stereocenters. The zero-order chi connectivity index (χ0) is 12.7. The highest BCUT2D eigenvalue weighted by Crippen LogP contribution is 2.31. The second-order valence-electron chi connectivity index (χ2n) is 5.12. The molecular formula is C14H26O3. The topological polar surface area (TPSA) is 46.5 Å². The van der Waals surface area contributed by atoms with Crippen LogP contribution in [-0.4, -0.2) is 23.8 Å². The van der Waals surface area contributed by atoms with Crippen molar-refractivity contribution in [3.8, 4) is 0 Å². The minimum atomic E-state index is -0.907. The largest absolute Gasteiger partial charge is 0.464 e. The lowest BCUT2D eigenvalue weighted by Crippen LogP contribution is -2.31. The smallest absolute Gasteiger partial charge is 0.335 e. The van der Waals surface area contributed by atoms with Gasteiger partial charge in [-0.1, -0.05) is 39.0 Å². The van der Waals surface area contributed by atoms with Crippen LogP contribution < -0.4 is 0 Å². The maximum atomic E-state index is 11.5. The van der Waals surface area contributed by atoms with E-state index in [4.69, 9.17) is 4.74 Å². The second-order valence-corrected chi connectivity index (χ2v) is 5.12. The monoisotopic (exact) mass is 242 g/mol. The van der Waals surface area contributed by atoms with Crippen LogP contribution in [0.2, 0.25) is 0 Å². The summed E-state index contributed by atoms with van der Waals surface area (Å²) in [6.07, 6.45) is 7.05. The molecule has 3 heteroatoms. The lowest BCUT2D eigenvalue weighted by Gasteiger charge is -2.19. The van der Waals surface area contributed by atoms with Crippen LogP contribution in [0.15, 0.2) is 0 Å². The Morgan fingerprint density at radius 2 is 2.06 bits per heavy atom. The molecule has 100 valence electrons. The zero-order valence-corrected chi connectivity index (χ0v) is 11.2. The van der Waals surface area contributed by atoms with Crippen molar-refractivity contribution in [1.29, 1.82) is 0 Å². The molecule has 0 aromatic rings. The molecular weight excluding hydrogens is 216 g/mol. The Bertz CT molecular complexity index is 228. The molecule has 0 radical (unpaired) electrons. The summed E-state index contributed by atoms with van der Waals surface area (Å²) in [5.74, 6) is 0.460. The maximum Gasteiger partial charge on any atom is 0.335 e. The summed E-state index contributed by atoms with van der Waals surface area (Å²) in [5, 5.41) is 9.94. The van der Waals surface area contributed by atoms with Gasteiger partial charge in [-0.15, -0.1) is 0 Å². The summed E-state index contributed by atoms with van der Waals surface area (Å²) < 4.78 is 4.88. The van der Waals surface area contributed by atoms with Crippen molar-refractivity contribution >= 4 is 5.97 Å². The molecule has 1 fully saturated rings. The predicted molar refractivity (Wildman–Crippen MR) is 67.6 cm³/mol. The maximum absolute atomic E-state index is 11.5. The van der Waals surface area contributed by atoms with Crippen molar-refractivity contribution in [1.82, 2.24) is 0 Å². The molecule has 1 saturated carbocycles. The summed E-state index contributed by atoms with van der Waals surface area (Å²) in [6, 6.07) is 0. The van der Waals surface area contributed by atoms with Gasteiger partial charge in [0.1, 0.15) is 0 Å². The third kappa shape index (κ3) is 4.66. The molecule has 3 nitrogen and oxygen atoms in total. The van der Waals surface area contributed by atoms with Crippen LogP contribution in [0.4, 0.5) is 0 Å². The van der Waals surface area contributed by atoms with Crippen molar-refractivity contribution in [2.45, 2.75) is 64.9 Å². The van der Waals surface area contributed by atoms with Gasteiger partial charge in [0.25, 0.3) is 0 Å². The number of carbonyl (C=O) groups excluding carboxylic acids is 1. The highest BCUT2D eigenvalue weighted by molar-refractivity contribution is 5.74. The van der Waals surface area contributed by atoms with Crippen LogP contribution in [0.25, 0.3) is 0 Å². The van der Waals surface area contributed by atoms with Crippen molar-refractivity contribution in [3.63, 3.8) is 0 Å². The van der Waals surface area contributed by atoms with E-state index >= 15 is 0 Å². The molecule has 0 saturated heterocycles. The Balaban J connectivity index is 2.42. The van der Waals surface area contributed by atoms with Crippen LogP contribution in [0.5, 0.6) is 0 Å². The van der Waals surface area contributed by atoms with Gasteiger partial charge in [0.05, 0.1) is 6.61 Å². The lowest BCUT2D eigenvalue weighted by atomic mass is 9.92. The number of hydrogen-bond donors (Lipinski definition) is 1. The van der Waals surface area contributed by atoms with Gasteiger partial charge >= 0.3 is 5.97 Å². The second kappa shape index (κ2) is 7.70. The van der Waals surface area contributed by atoms with Crippen LogP contribution in [-0.2, 0) is 9.53 Å². The van der Waals surface area contributed by atoms with Gasteiger partial charge < -0.3 is 9.84 Å².